The van der Waals surface area contributed by atoms with Crippen molar-refractivity contribution in [1.29, 1.82) is 0 Å². The molecule has 4 nitrogen and oxygen atoms in total. The van der Waals surface area contributed by atoms with E-state index in [-0.39, 0.29) is 0 Å². The molecule has 0 bridgehead atoms. The van der Waals surface area contributed by atoms with Crippen molar-refractivity contribution in [1.82, 2.24) is 15.1 Å². The molecule has 0 atom stereocenters. The number of aromatic nitrogens is 2. The summed E-state index contributed by atoms with van der Waals surface area (Å²) < 4.78 is 0. The largest absolute Gasteiger partial charge is 0.367 e. The highest BCUT2D eigenvalue weighted by Gasteiger charge is 2.12. The molecule has 1 aromatic carbocycles. The van der Waals surface area contributed by atoms with Crippen LogP contribution in [0.4, 0.5) is 5.82 Å². The molecule has 0 aliphatic rings. The Bertz CT molecular complexity index is 538. The zero-order valence-electron chi connectivity index (χ0n) is 12.8. The number of anilines is 1. The average Bonchev–Trinajstić information content (AvgIpc) is 2.42. The standard InChI is InChI=1S/C16H24N4/c1-12(2)20(13(3)4)10-9-17-16-15-8-6-5-7-14(15)11-18-19-16/h5-8,11-13H,9-10H2,1-4H3,(H,17,19). The molecular weight excluding hydrogens is 248 g/mol. The molecule has 2 rings (SSSR count). The van der Waals surface area contributed by atoms with E-state index in [1.54, 1.807) is 6.20 Å². The Hall–Kier alpha value is -1.68. The lowest BCUT2D eigenvalue weighted by atomic mass is 10.2. The minimum atomic E-state index is 0.551. The average molecular weight is 272 g/mol. The highest BCUT2D eigenvalue weighted by molar-refractivity contribution is 5.90. The van der Waals surface area contributed by atoms with Crippen LogP contribution in [0.2, 0.25) is 0 Å². The van der Waals surface area contributed by atoms with Crippen molar-refractivity contribution in [3.8, 4) is 0 Å². The Balaban J connectivity index is 2.03. The van der Waals surface area contributed by atoms with E-state index < -0.39 is 0 Å². The predicted octanol–water partition coefficient (Wildman–Crippen LogP) is 3.16. The van der Waals surface area contributed by atoms with E-state index in [0.29, 0.717) is 12.1 Å². The Morgan fingerprint density at radius 1 is 1.10 bits per heavy atom. The zero-order chi connectivity index (χ0) is 14.5. The molecule has 0 saturated carbocycles. The summed E-state index contributed by atoms with van der Waals surface area (Å²) >= 11 is 0. The van der Waals surface area contributed by atoms with Crippen LogP contribution in [0.3, 0.4) is 0 Å². The van der Waals surface area contributed by atoms with Gasteiger partial charge in [-0.05, 0) is 27.7 Å². The van der Waals surface area contributed by atoms with Crippen molar-refractivity contribution in [2.45, 2.75) is 39.8 Å². The van der Waals surface area contributed by atoms with Gasteiger partial charge in [0, 0.05) is 35.9 Å². The third-order valence-electron chi connectivity index (χ3n) is 3.56. The quantitative estimate of drug-likeness (QED) is 0.877. The first-order chi connectivity index (χ1) is 9.59. The number of nitrogens with one attached hydrogen (secondary N) is 1. The predicted molar refractivity (Wildman–Crippen MR) is 85.0 cm³/mol. The second-order valence-electron chi connectivity index (χ2n) is 5.63. The molecule has 0 radical (unpaired) electrons. The summed E-state index contributed by atoms with van der Waals surface area (Å²) in [6.07, 6.45) is 1.80. The van der Waals surface area contributed by atoms with Crippen LogP contribution in [0.25, 0.3) is 10.8 Å². The van der Waals surface area contributed by atoms with Crippen LogP contribution in [0, 0.1) is 0 Å². The summed E-state index contributed by atoms with van der Waals surface area (Å²) in [6, 6.07) is 9.29. The first-order valence-corrected chi connectivity index (χ1v) is 7.29. The van der Waals surface area contributed by atoms with Crippen molar-refractivity contribution in [2.75, 3.05) is 18.4 Å². The van der Waals surface area contributed by atoms with Gasteiger partial charge in [-0.1, -0.05) is 24.3 Å². The molecule has 0 fully saturated rings. The molecule has 0 aliphatic carbocycles. The molecule has 0 unspecified atom stereocenters. The summed E-state index contributed by atoms with van der Waals surface area (Å²) in [5.74, 6) is 0.871. The van der Waals surface area contributed by atoms with Gasteiger partial charge in [-0.3, -0.25) is 4.90 Å². The molecule has 0 saturated heterocycles. The molecule has 0 spiro atoms. The van der Waals surface area contributed by atoms with Crippen molar-refractivity contribution in [2.24, 2.45) is 0 Å². The van der Waals surface area contributed by atoms with Crippen LogP contribution in [-0.2, 0) is 0 Å². The number of rotatable bonds is 6. The van der Waals surface area contributed by atoms with E-state index in [4.69, 9.17) is 0 Å². The lowest BCUT2D eigenvalue weighted by Crippen LogP contribution is -2.40. The van der Waals surface area contributed by atoms with Gasteiger partial charge < -0.3 is 5.32 Å². The van der Waals surface area contributed by atoms with Crippen molar-refractivity contribution in [3.63, 3.8) is 0 Å². The second kappa shape index (κ2) is 6.66. The summed E-state index contributed by atoms with van der Waals surface area (Å²) in [7, 11) is 0. The van der Waals surface area contributed by atoms with Gasteiger partial charge in [0.1, 0.15) is 0 Å². The van der Waals surface area contributed by atoms with Crippen molar-refractivity contribution < 1.29 is 0 Å². The minimum absolute atomic E-state index is 0.551. The van der Waals surface area contributed by atoms with Crippen molar-refractivity contribution >= 4 is 16.6 Å². The van der Waals surface area contributed by atoms with E-state index in [9.17, 15) is 0 Å². The monoisotopic (exact) mass is 272 g/mol. The Labute approximate surface area is 121 Å². The fourth-order valence-corrected chi connectivity index (χ4v) is 2.57. The lowest BCUT2D eigenvalue weighted by molar-refractivity contribution is 0.182. The first kappa shape index (κ1) is 14.7. The van der Waals surface area contributed by atoms with Gasteiger partial charge in [0.2, 0.25) is 0 Å². The Morgan fingerprint density at radius 2 is 1.80 bits per heavy atom. The molecule has 1 heterocycles. The van der Waals surface area contributed by atoms with E-state index in [2.05, 4.69) is 60.2 Å². The van der Waals surface area contributed by atoms with Gasteiger partial charge in [0.05, 0.1) is 6.20 Å². The molecule has 1 aromatic heterocycles. The Kier molecular flexibility index (Phi) is 4.90. The van der Waals surface area contributed by atoms with Crippen LogP contribution in [0.1, 0.15) is 27.7 Å². The van der Waals surface area contributed by atoms with E-state index >= 15 is 0 Å². The molecule has 108 valence electrons. The Morgan fingerprint density at radius 3 is 2.50 bits per heavy atom. The smallest absolute Gasteiger partial charge is 0.156 e. The van der Waals surface area contributed by atoms with E-state index in [1.165, 1.54) is 0 Å². The first-order valence-electron chi connectivity index (χ1n) is 7.29. The lowest BCUT2D eigenvalue weighted by Gasteiger charge is -2.30. The molecule has 20 heavy (non-hydrogen) atoms. The number of hydrogen-bond acceptors (Lipinski definition) is 4. The molecule has 0 amide bonds. The zero-order valence-corrected chi connectivity index (χ0v) is 12.8. The molecule has 1 N–H and O–H groups in total. The summed E-state index contributed by atoms with van der Waals surface area (Å²) in [5, 5.41) is 13.9. The van der Waals surface area contributed by atoms with Crippen LogP contribution in [0.5, 0.6) is 0 Å². The normalized spacial score (nSPS) is 11.8. The molecule has 2 aromatic rings. The topological polar surface area (TPSA) is 41.0 Å². The summed E-state index contributed by atoms with van der Waals surface area (Å²) in [4.78, 5) is 2.46. The highest BCUT2D eigenvalue weighted by Crippen LogP contribution is 2.18. The van der Waals surface area contributed by atoms with E-state index in [0.717, 1.165) is 29.7 Å². The third kappa shape index (κ3) is 3.45. The van der Waals surface area contributed by atoms with Gasteiger partial charge in [-0.15, -0.1) is 5.10 Å². The third-order valence-corrected chi connectivity index (χ3v) is 3.56. The highest BCUT2D eigenvalue weighted by atomic mass is 15.2. The van der Waals surface area contributed by atoms with E-state index in [1.807, 2.05) is 12.1 Å². The fourth-order valence-electron chi connectivity index (χ4n) is 2.57. The fraction of sp³-hybridized carbons (Fsp3) is 0.500. The van der Waals surface area contributed by atoms with Gasteiger partial charge in [-0.25, -0.2) is 0 Å². The van der Waals surface area contributed by atoms with Crippen LogP contribution in [0.15, 0.2) is 30.5 Å². The maximum absolute atomic E-state index is 4.21. The molecule has 4 heteroatoms. The number of nitrogens with zero attached hydrogens (tertiary/aromatic N) is 3. The van der Waals surface area contributed by atoms with Crippen LogP contribution in [-0.4, -0.2) is 40.3 Å². The number of fused-ring (bicyclic) bond motifs is 1. The SMILES string of the molecule is CC(C)N(CCNc1nncc2ccccc12)C(C)C. The van der Waals surface area contributed by atoms with Gasteiger partial charge in [0.15, 0.2) is 5.82 Å². The molecular formula is C16H24N4. The van der Waals surface area contributed by atoms with Crippen LogP contribution < -0.4 is 5.32 Å². The molecule has 0 aliphatic heterocycles. The second-order valence-corrected chi connectivity index (χ2v) is 5.63. The summed E-state index contributed by atoms with van der Waals surface area (Å²) in [6.45, 7) is 10.8. The van der Waals surface area contributed by atoms with Crippen molar-refractivity contribution in [3.05, 3.63) is 30.5 Å². The number of hydrogen-bond donors (Lipinski definition) is 1. The van der Waals surface area contributed by atoms with Gasteiger partial charge in [-0.2, -0.15) is 5.10 Å². The maximum Gasteiger partial charge on any atom is 0.156 e. The van der Waals surface area contributed by atoms with Gasteiger partial charge >= 0.3 is 0 Å². The number of benzene rings is 1. The van der Waals surface area contributed by atoms with Gasteiger partial charge in [0.25, 0.3) is 0 Å². The summed E-state index contributed by atoms with van der Waals surface area (Å²) in [5.41, 5.74) is 0. The maximum atomic E-state index is 4.21. The minimum Gasteiger partial charge on any atom is -0.367 e. The van der Waals surface area contributed by atoms with Crippen LogP contribution >= 0.6 is 0 Å².